The Bertz CT molecular complexity index is 1330. The second kappa shape index (κ2) is 11.0. The van der Waals surface area contributed by atoms with Gasteiger partial charge in [-0.2, -0.15) is 4.31 Å². The van der Waals surface area contributed by atoms with Crippen LogP contribution in [0.15, 0.2) is 53.4 Å². The maximum atomic E-state index is 13.0. The number of rotatable bonds is 9. The molecule has 1 aromatic heterocycles. The van der Waals surface area contributed by atoms with Gasteiger partial charge >= 0.3 is 5.97 Å². The van der Waals surface area contributed by atoms with E-state index in [1.165, 1.54) is 10.4 Å². The van der Waals surface area contributed by atoms with Gasteiger partial charge in [0.15, 0.2) is 0 Å². The second-order valence-corrected chi connectivity index (χ2v) is 10.0. The highest BCUT2D eigenvalue weighted by Crippen LogP contribution is 2.24. The van der Waals surface area contributed by atoms with Crippen molar-refractivity contribution < 1.29 is 27.4 Å². The van der Waals surface area contributed by atoms with Gasteiger partial charge in [-0.3, -0.25) is 0 Å². The highest BCUT2D eigenvalue weighted by atomic mass is 32.2. The lowest BCUT2D eigenvalue weighted by atomic mass is 10.2. The number of sulfonamides is 1. The van der Waals surface area contributed by atoms with Crippen molar-refractivity contribution in [3.8, 4) is 5.75 Å². The Balaban J connectivity index is 1.52. The van der Waals surface area contributed by atoms with Crippen molar-refractivity contribution in [3.63, 3.8) is 0 Å². The molecule has 10 heteroatoms. The van der Waals surface area contributed by atoms with Crippen molar-refractivity contribution in [1.82, 2.24) is 13.9 Å². The number of esters is 1. The van der Waals surface area contributed by atoms with Gasteiger partial charge in [-0.05, 0) is 48.4 Å². The van der Waals surface area contributed by atoms with Crippen LogP contribution in [0, 0.1) is 0 Å². The number of imidazole rings is 1. The van der Waals surface area contributed by atoms with Crippen LogP contribution >= 0.6 is 0 Å². The van der Waals surface area contributed by atoms with E-state index in [0.717, 1.165) is 17.5 Å². The number of methoxy groups -OCH3 is 1. The number of ether oxygens (including phenoxy) is 3. The third kappa shape index (κ3) is 5.72. The molecule has 0 radical (unpaired) electrons. The van der Waals surface area contributed by atoms with Crippen LogP contribution < -0.4 is 4.74 Å². The molecule has 0 bridgehead atoms. The molecule has 1 aliphatic heterocycles. The van der Waals surface area contributed by atoms with Crippen LogP contribution in [-0.4, -0.2) is 61.7 Å². The first-order valence-electron chi connectivity index (χ1n) is 11.5. The molecule has 0 aliphatic carbocycles. The van der Waals surface area contributed by atoms with E-state index in [0.29, 0.717) is 49.9 Å². The lowest BCUT2D eigenvalue weighted by Gasteiger charge is -2.26. The first-order valence-corrected chi connectivity index (χ1v) is 12.9. The zero-order chi connectivity index (χ0) is 24.8. The molecule has 1 fully saturated rings. The van der Waals surface area contributed by atoms with Crippen LogP contribution in [0.1, 0.15) is 24.7 Å². The Morgan fingerprint density at radius 2 is 1.97 bits per heavy atom. The molecular weight excluding hydrogens is 470 g/mol. The van der Waals surface area contributed by atoms with Crippen molar-refractivity contribution in [3.05, 3.63) is 59.9 Å². The maximum Gasteiger partial charge on any atom is 0.331 e. The van der Waals surface area contributed by atoms with E-state index in [1.807, 2.05) is 35.8 Å². The van der Waals surface area contributed by atoms with E-state index < -0.39 is 16.0 Å². The zero-order valence-corrected chi connectivity index (χ0v) is 20.7. The fourth-order valence-corrected chi connectivity index (χ4v) is 5.36. The van der Waals surface area contributed by atoms with E-state index >= 15 is 0 Å². The van der Waals surface area contributed by atoms with E-state index in [9.17, 15) is 13.2 Å². The Morgan fingerprint density at radius 3 is 2.71 bits per heavy atom. The SMILES string of the molecule is CCCn1c(COC(=O)/C=C/c2cccc(OC)c2)nc2cc(S(=O)(=O)N3CCOCC3)ccc21. The number of nitrogens with zero attached hydrogens (tertiary/aromatic N) is 3. The first-order chi connectivity index (χ1) is 16.9. The van der Waals surface area contributed by atoms with Gasteiger partial charge < -0.3 is 18.8 Å². The van der Waals surface area contributed by atoms with Crippen molar-refractivity contribution >= 4 is 33.1 Å². The van der Waals surface area contributed by atoms with Crippen LogP contribution in [0.4, 0.5) is 0 Å². The summed E-state index contributed by atoms with van der Waals surface area (Å²) in [5.74, 6) is 0.758. The first kappa shape index (κ1) is 24.9. The number of hydrogen-bond donors (Lipinski definition) is 0. The minimum atomic E-state index is -3.63. The summed E-state index contributed by atoms with van der Waals surface area (Å²) in [5, 5.41) is 0. The van der Waals surface area contributed by atoms with Gasteiger partial charge in [-0.15, -0.1) is 0 Å². The number of carbonyl (C=O) groups is 1. The number of aryl methyl sites for hydroxylation is 1. The minimum Gasteiger partial charge on any atom is -0.497 e. The maximum absolute atomic E-state index is 13.0. The average molecular weight is 500 g/mol. The molecule has 1 saturated heterocycles. The number of morpholine rings is 1. The van der Waals surface area contributed by atoms with Crippen molar-refractivity contribution in [2.45, 2.75) is 31.4 Å². The molecule has 0 N–H and O–H groups in total. The highest BCUT2D eigenvalue weighted by Gasteiger charge is 2.27. The molecule has 35 heavy (non-hydrogen) atoms. The standard InChI is InChI=1S/C25H29N3O6S/c1-3-11-28-23-9-8-21(35(30,31)27-12-14-33-15-13-27)17-22(23)26-24(28)18-34-25(29)10-7-19-5-4-6-20(16-19)32-2/h4-10,16-17H,3,11-15,18H2,1-2H3/b10-7+. The monoisotopic (exact) mass is 499 g/mol. The van der Waals surface area contributed by atoms with E-state index in [4.69, 9.17) is 14.2 Å². The van der Waals surface area contributed by atoms with Crippen molar-refractivity contribution in [2.24, 2.45) is 0 Å². The average Bonchev–Trinajstić information content (AvgIpc) is 3.23. The van der Waals surface area contributed by atoms with Gasteiger partial charge in [-0.1, -0.05) is 19.1 Å². The van der Waals surface area contributed by atoms with Crippen molar-refractivity contribution in [1.29, 1.82) is 0 Å². The molecule has 9 nitrogen and oxygen atoms in total. The second-order valence-electron chi connectivity index (χ2n) is 8.06. The summed E-state index contributed by atoms with van der Waals surface area (Å²) in [7, 11) is -2.05. The minimum absolute atomic E-state index is 0.0263. The summed E-state index contributed by atoms with van der Waals surface area (Å²) in [5.41, 5.74) is 2.16. The van der Waals surface area contributed by atoms with Crippen molar-refractivity contribution in [2.75, 3.05) is 33.4 Å². The molecule has 1 aliphatic rings. The number of fused-ring (bicyclic) bond motifs is 1. The van der Waals surface area contributed by atoms with Gasteiger partial charge in [0.25, 0.3) is 0 Å². The number of carbonyl (C=O) groups excluding carboxylic acids is 1. The third-order valence-corrected chi connectivity index (χ3v) is 7.60. The molecule has 4 rings (SSSR count). The fraction of sp³-hybridized carbons (Fsp3) is 0.360. The van der Waals surface area contributed by atoms with Gasteiger partial charge in [0.1, 0.15) is 18.2 Å². The normalized spacial score (nSPS) is 15.0. The molecule has 0 saturated carbocycles. The molecule has 2 aromatic carbocycles. The molecular formula is C25H29N3O6S. The molecule has 0 atom stereocenters. The summed E-state index contributed by atoms with van der Waals surface area (Å²) in [6, 6.07) is 12.3. The lowest BCUT2D eigenvalue weighted by Crippen LogP contribution is -2.40. The van der Waals surface area contributed by atoms with Gasteiger partial charge in [-0.25, -0.2) is 18.2 Å². The van der Waals surface area contributed by atoms with Gasteiger partial charge in [0.05, 0.1) is 36.3 Å². The molecule has 0 spiro atoms. The summed E-state index contributed by atoms with van der Waals surface area (Å²) in [6.45, 7) is 4.10. The summed E-state index contributed by atoms with van der Waals surface area (Å²) in [6.07, 6.45) is 3.85. The molecule has 0 unspecified atom stereocenters. The van der Waals surface area contributed by atoms with Crippen LogP contribution in [0.25, 0.3) is 17.1 Å². The zero-order valence-electron chi connectivity index (χ0n) is 19.8. The van der Waals surface area contributed by atoms with Crippen LogP contribution in [0.2, 0.25) is 0 Å². The van der Waals surface area contributed by atoms with Crippen LogP contribution in [-0.2, 0) is 37.4 Å². The predicted octanol–water partition coefficient (Wildman–Crippen LogP) is 3.23. The van der Waals surface area contributed by atoms with E-state index in [-0.39, 0.29) is 11.5 Å². The van der Waals surface area contributed by atoms with Gasteiger partial charge in [0.2, 0.25) is 10.0 Å². The summed E-state index contributed by atoms with van der Waals surface area (Å²) < 4.78 is 45.4. The molecule has 186 valence electrons. The number of aromatic nitrogens is 2. The topological polar surface area (TPSA) is 100.0 Å². The quantitative estimate of drug-likeness (QED) is 0.329. The smallest absolute Gasteiger partial charge is 0.331 e. The Morgan fingerprint density at radius 1 is 1.17 bits per heavy atom. The molecule has 0 amide bonds. The Labute approximate surface area is 205 Å². The lowest BCUT2D eigenvalue weighted by molar-refractivity contribution is -0.139. The van der Waals surface area contributed by atoms with E-state index in [2.05, 4.69) is 4.98 Å². The highest BCUT2D eigenvalue weighted by molar-refractivity contribution is 7.89. The Kier molecular flexibility index (Phi) is 7.84. The van der Waals surface area contributed by atoms with E-state index in [1.54, 1.807) is 31.4 Å². The fourth-order valence-electron chi connectivity index (χ4n) is 3.93. The van der Waals surface area contributed by atoms with Crippen LogP contribution in [0.5, 0.6) is 5.75 Å². The van der Waals surface area contributed by atoms with Crippen LogP contribution in [0.3, 0.4) is 0 Å². The predicted molar refractivity (Wildman–Crippen MR) is 131 cm³/mol. The summed E-state index contributed by atoms with van der Waals surface area (Å²) in [4.78, 5) is 17.1. The largest absolute Gasteiger partial charge is 0.497 e. The Hall–Kier alpha value is -3.21. The number of benzene rings is 2. The molecule has 2 heterocycles. The third-order valence-electron chi connectivity index (χ3n) is 5.70. The molecule has 3 aromatic rings. The number of hydrogen-bond acceptors (Lipinski definition) is 7. The summed E-state index contributed by atoms with van der Waals surface area (Å²) >= 11 is 0. The van der Waals surface area contributed by atoms with Gasteiger partial charge in [0, 0.05) is 25.7 Å².